The molecule has 2 heterocycles. The average molecular weight is 594 g/mol. The van der Waals surface area contributed by atoms with Gasteiger partial charge in [0.2, 0.25) is 10.0 Å². The zero-order valence-electron chi connectivity index (χ0n) is 25.8. The molecule has 11 nitrogen and oxygen atoms in total. The van der Waals surface area contributed by atoms with E-state index in [9.17, 15) is 13.2 Å². The first-order valence-electron chi connectivity index (χ1n) is 13.5. The van der Waals surface area contributed by atoms with Crippen molar-refractivity contribution in [2.75, 3.05) is 23.4 Å². The van der Waals surface area contributed by atoms with Crippen molar-refractivity contribution < 1.29 is 17.9 Å². The standard InChI is InChI=1S/C30H39N7O4S/c1-18-11-12-21(15-25(18)36-17-24(33-35-36)26-16-31-19(2)37(26)30(6,7)8)32-28(38)22-13-20(29(3,4)5)14-23(27(22)41-9)34-42(10,39)40/h11-17,34H,1-10H3,(H,32,38). The molecule has 2 N–H and O–H groups in total. The molecule has 224 valence electrons. The van der Waals surface area contributed by atoms with Crippen LogP contribution in [0.1, 0.15) is 68.9 Å². The number of hydrogen-bond acceptors (Lipinski definition) is 7. The zero-order valence-corrected chi connectivity index (χ0v) is 26.6. The lowest BCUT2D eigenvalue weighted by Gasteiger charge is -2.24. The third-order valence-electron chi connectivity index (χ3n) is 6.78. The lowest BCUT2D eigenvalue weighted by molar-refractivity contribution is 0.102. The number of ether oxygens (including phenoxy) is 1. The van der Waals surface area contributed by atoms with Crippen LogP contribution >= 0.6 is 0 Å². The topological polar surface area (TPSA) is 133 Å². The summed E-state index contributed by atoms with van der Waals surface area (Å²) >= 11 is 0. The minimum Gasteiger partial charge on any atom is -0.494 e. The zero-order chi connectivity index (χ0) is 31.2. The molecule has 0 unspecified atom stereocenters. The summed E-state index contributed by atoms with van der Waals surface area (Å²) in [7, 11) is -2.23. The number of aryl methyl sites for hydroxylation is 2. The summed E-state index contributed by atoms with van der Waals surface area (Å²) in [5, 5.41) is 11.7. The van der Waals surface area contributed by atoms with Crippen LogP contribution in [0, 0.1) is 13.8 Å². The highest BCUT2D eigenvalue weighted by Gasteiger charge is 2.25. The second-order valence-corrected chi connectivity index (χ2v) is 14.2. The van der Waals surface area contributed by atoms with Gasteiger partial charge in [-0.1, -0.05) is 32.1 Å². The largest absolute Gasteiger partial charge is 0.494 e. The molecule has 2 aromatic heterocycles. The van der Waals surface area contributed by atoms with Crippen LogP contribution in [-0.4, -0.2) is 52.2 Å². The van der Waals surface area contributed by atoms with Crippen LogP contribution in [0.3, 0.4) is 0 Å². The van der Waals surface area contributed by atoms with Crippen LogP contribution in [0.4, 0.5) is 11.4 Å². The number of amides is 1. The summed E-state index contributed by atoms with van der Waals surface area (Å²) in [5.41, 5.74) is 4.33. The molecule has 0 radical (unpaired) electrons. The van der Waals surface area contributed by atoms with Crippen molar-refractivity contribution >= 4 is 27.3 Å². The van der Waals surface area contributed by atoms with Crippen LogP contribution in [0.15, 0.2) is 42.7 Å². The minimum atomic E-state index is -3.63. The number of imidazole rings is 1. The van der Waals surface area contributed by atoms with Gasteiger partial charge in [-0.2, -0.15) is 0 Å². The first-order chi connectivity index (χ1) is 19.4. The maximum Gasteiger partial charge on any atom is 0.259 e. The SMILES string of the molecule is COc1c(NS(C)(=O)=O)cc(C(C)(C)C)cc1C(=O)Nc1ccc(C)c(-n2cc(-c3cnc(C)n3C(C)(C)C)nn2)c1. The third-order valence-corrected chi connectivity index (χ3v) is 7.37. The van der Waals surface area contributed by atoms with Gasteiger partial charge in [0, 0.05) is 11.2 Å². The smallest absolute Gasteiger partial charge is 0.259 e. The Balaban J connectivity index is 1.71. The second kappa shape index (κ2) is 10.9. The van der Waals surface area contributed by atoms with E-state index in [2.05, 4.69) is 50.7 Å². The van der Waals surface area contributed by atoms with E-state index in [-0.39, 0.29) is 28.0 Å². The number of rotatable bonds is 7. The van der Waals surface area contributed by atoms with E-state index in [1.807, 2.05) is 52.9 Å². The van der Waals surface area contributed by atoms with Crippen LogP contribution < -0.4 is 14.8 Å². The van der Waals surface area contributed by atoms with E-state index in [0.717, 1.165) is 34.6 Å². The maximum absolute atomic E-state index is 13.6. The number of methoxy groups -OCH3 is 1. The van der Waals surface area contributed by atoms with Crippen LogP contribution in [-0.2, 0) is 21.0 Å². The van der Waals surface area contributed by atoms with Gasteiger partial charge in [-0.15, -0.1) is 5.10 Å². The first-order valence-corrected chi connectivity index (χ1v) is 15.4. The molecule has 0 spiro atoms. The Labute approximate surface area is 247 Å². The molecule has 0 saturated heterocycles. The lowest BCUT2D eigenvalue weighted by atomic mass is 9.85. The van der Waals surface area contributed by atoms with E-state index in [1.54, 1.807) is 29.1 Å². The van der Waals surface area contributed by atoms with Crippen molar-refractivity contribution in [3.63, 3.8) is 0 Å². The number of benzene rings is 2. The molecule has 0 aliphatic rings. The van der Waals surface area contributed by atoms with Gasteiger partial charge in [0.05, 0.1) is 48.4 Å². The minimum absolute atomic E-state index is 0.130. The normalized spacial score (nSPS) is 12.3. The van der Waals surface area contributed by atoms with Crippen molar-refractivity contribution in [2.24, 2.45) is 0 Å². The maximum atomic E-state index is 13.6. The molecule has 4 aromatic rings. The molecule has 4 rings (SSSR count). The van der Waals surface area contributed by atoms with Crippen LogP contribution in [0.2, 0.25) is 0 Å². The average Bonchev–Trinajstić information content (AvgIpc) is 3.49. The summed E-state index contributed by atoms with van der Waals surface area (Å²) in [6.45, 7) is 16.2. The molecule has 0 fully saturated rings. The number of nitrogens with zero attached hydrogens (tertiary/aromatic N) is 5. The molecule has 12 heteroatoms. The van der Waals surface area contributed by atoms with Gasteiger partial charge in [-0.05, 0) is 75.4 Å². The predicted octanol–water partition coefficient (Wildman–Crippen LogP) is 5.43. The van der Waals surface area contributed by atoms with Gasteiger partial charge in [-0.25, -0.2) is 18.1 Å². The number of aromatic nitrogens is 5. The number of anilines is 2. The Kier molecular flexibility index (Phi) is 7.98. The molecule has 0 bridgehead atoms. The van der Waals surface area contributed by atoms with Crippen molar-refractivity contribution in [1.29, 1.82) is 0 Å². The first kappa shape index (κ1) is 30.8. The Bertz CT molecular complexity index is 1760. The summed E-state index contributed by atoms with van der Waals surface area (Å²) < 4.78 is 36.0. The Morgan fingerprint density at radius 3 is 2.31 bits per heavy atom. The lowest BCUT2D eigenvalue weighted by Crippen LogP contribution is -2.24. The molecule has 1 amide bonds. The molecular formula is C30H39N7O4S. The van der Waals surface area contributed by atoms with E-state index in [1.165, 1.54) is 7.11 Å². The second-order valence-electron chi connectivity index (χ2n) is 12.4. The highest BCUT2D eigenvalue weighted by molar-refractivity contribution is 7.92. The van der Waals surface area contributed by atoms with Gasteiger partial charge in [0.25, 0.3) is 5.91 Å². The van der Waals surface area contributed by atoms with Crippen molar-refractivity contribution in [1.82, 2.24) is 24.5 Å². The Morgan fingerprint density at radius 1 is 1.02 bits per heavy atom. The fraction of sp³-hybridized carbons (Fsp3) is 0.400. The Morgan fingerprint density at radius 2 is 1.71 bits per heavy atom. The predicted molar refractivity (Wildman–Crippen MR) is 165 cm³/mol. The summed E-state index contributed by atoms with van der Waals surface area (Å²) in [6.07, 6.45) is 4.69. The fourth-order valence-electron chi connectivity index (χ4n) is 4.83. The van der Waals surface area contributed by atoms with Gasteiger partial charge in [0.1, 0.15) is 11.5 Å². The van der Waals surface area contributed by atoms with Crippen molar-refractivity contribution in [3.8, 4) is 22.8 Å². The number of carbonyl (C=O) groups is 1. The van der Waals surface area contributed by atoms with Gasteiger partial charge in [-0.3, -0.25) is 9.52 Å². The van der Waals surface area contributed by atoms with Crippen LogP contribution in [0.25, 0.3) is 17.1 Å². The molecular weight excluding hydrogens is 554 g/mol. The van der Waals surface area contributed by atoms with Crippen molar-refractivity contribution in [2.45, 2.75) is 66.3 Å². The molecule has 0 aliphatic heterocycles. The molecule has 2 aromatic carbocycles. The van der Waals surface area contributed by atoms with Gasteiger partial charge >= 0.3 is 0 Å². The summed E-state index contributed by atoms with van der Waals surface area (Å²) in [6, 6.07) is 8.91. The van der Waals surface area contributed by atoms with E-state index in [4.69, 9.17) is 4.74 Å². The van der Waals surface area contributed by atoms with Crippen LogP contribution in [0.5, 0.6) is 5.75 Å². The van der Waals surface area contributed by atoms with E-state index in [0.29, 0.717) is 11.4 Å². The summed E-state index contributed by atoms with van der Waals surface area (Å²) in [5.74, 6) is 0.562. The van der Waals surface area contributed by atoms with Gasteiger partial charge < -0.3 is 14.6 Å². The fourth-order valence-corrected chi connectivity index (χ4v) is 5.38. The number of sulfonamides is 1. The van der Waals surface area contributed by atoms with Gasteiger partial charge in [0.15, 0.2) is 5.75 Å². The molecule has 0 aliphatic carbocycles. The van der Waals surface area contributed by atoms with E-state index < -0.39 is 15.9 Å². The summed E-state index contributed by atoms with van der Waals surface area (Å²) in [4.78, 5) is 18.1. The van der Waals surface area contributed by atoms with Crippen molar-refractivity contribution in [3.05, 3.63) is 65.2 Å². The van der Waals surface area contributed by atoms with E-state index >= 15 is 0 Å². The Hall–Kier alpha value is -4.19. The highest BCUT2D eigenvalue weighted by atomic mass is 32.2. The quantitative estimate of drug-likeness (QED) is 0.292. The molecule has 42 heavy (non-hydrogen) atoms. The molecule has 0 atom stereocenters. The molecule has 0 saturated carbocycles. The number of nitrogens with one attached hydrogen (secondary N) is 2. The number of carbonyl (C=O) groups excluding carboxylic acids is 1. The monoisotopic (exact) mass is 593 g/mol. The highest BCUT2D eigenvalue weighted by Crippen LogP contribution is 2.36. The third kappa shape index (κ3) is 6.48. The number of hydrogen-bond donors (Lipinski definition) is 2.